The lowest BCUT2D eigenvalue weighted by Crippen LogP contribution is -2.45. The zero-order valence-corrected chi connectivity index (χ0v) is 13.8. The van der Waals surface area contributed by atoms with E-state index < -0.39 is 12.1 Å². The van der Waals surface area contributed by atoms with Crippen LogP contribution in [0.5, 0.6) is 5.75 Å². The Labute approximate surface area is 135 Å². The van der Waals surface area contributed by atoms with Gasteiger partial charge >= 0.3 is 12.1 Å². The fourth-order valence-electron chi connectivity index (χ4n) is 2.84. The molecule has 126 valence electrons. The van der Waals surface area contributed by atoms with Crippen molar-refractivity contribution >= 4 is 17.7 Å². The summed E-state index contributed by atoms with van der Waals surface area (Å²) in [7, 11) is 2.76. The molecular formula is C16H22N2O5. The van der Waals surface area contributed by atoms with Crippen LogP contribution < -0.4 is 15.4 Å². The summed E-state index contributed by atoms with van der Waals surface area (Å²) in [5.74, 6) is -0.176. The number of esters is 1. The summed E-state index contributed by atoms with van der Waals surface area (Å²) >= 11 is 0. The smallest absolute Gasteiger partial charge is 0.414 e. The van der Waals surface area contributed by atoms with E-state index in [2.05, 4.69) is 0 Å². The SMILES string of the molecule is CCOC(=O)N1c2cc(C(=O)OC)c(OC)cc2C(N)CC1C. The molecule has 0 fully saturated rings. The van der Waals surface area contributed by atoms with Crippen molar-refractivity contribution in [2.75, 3.05) is 25.7 Å². The van der Waals surface area contributed by atoms with Crippen LogP contribution in [0.15, 0.2) is 12.1 Å². The molecule has 0 saturated heterocycles. The normalized spacial score (nSPS) is 19.8. The van der Waals surface area contributed by atoms with Crippen molar-refractivity contribution in [2.45, 2.75) is 32.4 Å². The number of hydrogen-bond acceptors (Lipinski definition) is 6. The van der Waals surface area contributed by atoms with E-state index in [9.17, 15) is 9.59 Å². The first-order chi connectivity index (χ1) is 10.9. The number of hydrogen-bond donors (Lipinski definition) is 1. The van der Waals surface area contributed by atoms with Crippen LogP contribution >= 0.6 is 0 Å². The Bertz CT molecular complexity index is 617. The number of benzene rings is 1. The van der Waals surface area contributed by atoms with E-state index in [0.29, 0.717) is 17.9 Å². The van der Waals surface area contributed by atoms with Crippen molar-refractivity contribution < 1.29 is 23.8 Å². The van der Waals surface area contributed by atoms with E-state index in [1.54, 1.807) is 19.1 Å². The summed E-state index contributed by atoms with van der Waals surface area (Å²) in [6.07, 6.45) is 0.126. The molecule has 1 aliphatic rings. The van der Waals surface area contributed by atoms with Crippen LogP contribution in [0.2, 0.25) is 0 Å². The van der Waals surface area contributed by atoms with Crippen LogP contribution in [-0.2, 0) is 9.47 Å². The molecule has 2 rings (SSSR count). The Morgan fingerprint density at radius 3 is 2.61 bits per heavy atom. The summed E-state index contributed by atoms with van der Waals surface area (Å²) in [4.78, 5) is 25.8. The third-order valence-corrected chi connectivity index (χ3v) is 3.91. The maximum absolute atomic E-state index is 12.3. The molecule has 7 heteroatoms. The van der Waals surface area contributed by atoms with Gasteiger partial charge in [0.25, 0.3) is 0 Å². The van der Waals surface area contributed by atoms with Crippen molar-refractivity contribution in [3.63, 3.8) is 0 Å². The maximum atomic E-state index is 12.3. The minimum atomic E-state index is -0.541. The Kier molecular flexibility index (Phi) is 5.10. The minimum Gasteiger partial charge on any atom is -0.496 e. The molecule has 2 unspecified atom stereocenters. The van der Waals surface area contributed by atoms with E-state index in [-0.39, 0.29) is 24.3 Å². The first kappa shape index (κ1) is 17.1. The molecule has 0 bridgehead atoms. The van der Waals surface area contributed by atoms with Gasteiger partial charge in [0.15, 0.2) is 0 Å². The molecule has 1 aromatic rings. The van der Waals surface area contributed by atoms with E-state index in [4.69, 9.17) is 19.9 Å². The Morgan fingerprint density at radius 1 is 1.35 bits per heavy atom. The molecule has 0 radical (unpaired) electrons. The van der Waals surface area contributed by atoms with Crippen molar-refractivity contribution in [3.8, 4) is 5.75 Å². The molecule has 0 aliphatic carbocycles. The van der Waals surface area contributed by atoms with E-state index in [1.165, 1.54) is 19.1 Å². The maximum Gasteiger partial charge on any atom is 0.414 e. The number of carbonyl (C=O) groups is 2. The Hall–Kier alpha value is -2.28. The van der Waals surface area contributed by atoms with Crippen LogP contribution in [0.4, 0.5) is 10.5 Å². The molecule has 1 heterocycles. The number of fused-ring (bicyclic) bond motifs is 1. The van der Waals surface area contributed by atoms with Crippen LogP contribution in [0.1, 0.15) is 42.2 Å². The highest BCUT2D eigenvalue weighted by molar-refractivity contribution is 5.97. The summed E-state index contributed by atoms with van der Waals surface area (Å²) in [6, 6.07) is 2.86. The third-order valence-electron chi connectivity index (χ3n) is 3.91. The predicted molar refractivity (Wildman–Crippen MR) is 84.8 cm³/mol. The largest absolute Gasteiger partial charge is 0.496 e. The van der Waals surface area contributed by atoms with Gasteiger partial charge in [0, 0.05) is 12.1 Å². The number of nitrogens with two attached hydrogens (primary N) is 1. The van der Waals surface area contributed by atoms with Gasteiger partial charge in [-0.05, 0) is 38.0 Å². The van der Waals surface area contributed by atoms with Crippen LogP contribution in [0, 0.1) is 0 Å². The van der Waals surface area contributed by atoms with Crippen molar-refractivity contribution in [2.24, 2.45) is 5.73 Å². The molecule has 0 aromatic heterocycles. The van der Waals surface area contributed by atoms with Gasteiger partial charge in [-0.2, -0.15) is 0 Å². The lowest BCUT2D eigenvalue weighted by Gasteiger charge is -2.37. The second-order valence-corrected chi connectivity index (χ2v) is 5.36. The van der Waals surface area contributed by atoms with Gasteiger partial charge in [-0.3, -0.25) is 4.90 Å². The molecule has 2 N–H and O–H groups in total. The summed E-state index contributed by atoms with van der Waals surface area (Å²) < 4.78 is 15.2. The topological polar surface area (TPSA) is 91.1 Å². The van der Waals surface area contributed by atoms with Crippen LogP contribution in [0.3, 0.4) is 0 Å². The lowest BCUT2D eigenvalue weighted by atomic mass is 9.91. The fourth-order valence-corrected chi connectivity index (χ4v) is 2.84. The summed E-state index contributed by atoms with van der Waals surface area (Å²) in [5.41, 5.74) is 7.73. The van der Waals surface area contributed by atoms with Crippen molar-refractivity contribution in [3.05, 3.63) is 23.3 Å². The molecule has 0 spiro atoms. The van der Waals surface area contributed by atoms with Crippen LogP contribution in [0.25, 0.3) is 0 Å². The standard InChI is InChI=1S/C16H22N2O5/c1-5-23-16(20)18-9(2)6-12(17)10-8-14(21-3)11(7-13(10)18)15(19)22-4/h7-9,12H,5-6,17H2,1-4H3. The van der Waals surface area contributed by atoms with Crippen LogP contribution in [-0.4, -0.2) is 38.9 Å². The number of ether oxygens (including phenoxy) is 3. The number of rotatable bonds is 3. The zero-order valence-electron chi connectivity index (χ0n) is 13.8. The number of anilines is 1. The van der Waals surface area contributed by atoms with E-state index >= 15 is 0 Å². The van der Waals surface area contributed by atoms with Gasteiger partial charge in [0.1, 0.15) is 11.3 Å². The zero-order chi connectivity index (χ0) is 17.1. The van der Waals surface area contributed by atoms with Gasteiger partial charge in [-0.15, -0.1) is 0 Å². The van der Waals surface area contributed by atoms with Gasteiger partial charge in [0.05, 0.1) is 26.5 Å². The highest BCUT2D eigenvalue weighted by Crippen LogP contribution is 2.40. The molecule has 1 aromatic carbocycles. The van der Waals surface area contributed by atoms with Crippen molar-refractivity contribution in [1.82, 2.24) is 0 Å². The average Bonchev–Trinajstić information content (AvgIpc) is 2.53. The Morgan fingerprint density at radius 2 is 2.04 bits per heavy atom. The lowest BCUT2D eigenvalue weighted by molar-refractivity contribution is 0.0597. The fraction of sp³-hybridized carbons (Fsp3) is 0.500. The van der Waals surface area contributed by atoms with E-state index in [1.807, 2.05) is 6.92 Å². The molecular weight excluding hydrogens is 300 g/mol. The quantitative estimate of drug-likeness (QED) is 0.858. The van der Waals surface area contributed by atoms with Gasteiger partial charge < -0.3 is 19.9 Å². The second-order valence-electron chi connectivity index (χ2n) is 5.36. The van der Waals surface area contributed by atoms with Gasteiger partial charge in [-0.25, -0.2) is 9.59 Å². The number of amides is 1. The van der Waals surface area contributed by atoms with Gasteiger partial charge in [-0.1, -0.05) is 0 Å². The molecule has 2 atom stereocenters. The average molecular weight is 322 g/mol. The van der Waals surface area contributed by atoms with E-state index in [0.717, 1.165) is 5.56 Å². The highest BCUT2D eigenvalue weighted by Gasteiger charge is 2.35. The first-order valence-electron chi connectivity index (χ1n) is 7.46. The highest BCUT2D eigenvalue weighted by atomic mass is 16.6. The van der Waals surface area contributed by atoms with Gasteiger partial charge in [0.2, 0.25) is 0 Å². The molecule has 1 amide bonds. The molecule has 7 nitrogen and oxygen atoms in total. The summed E-state index contributed by atoms with van der Waals surface area (Å²) in [5, 5.41) is 0. The number of carbonyl (C=O) groups excluding carboxylic acids is 2. The second kappa shape index (κ2) is 6.87. The molecule has 0 saturated carbocycles. The minimum absolute atomic E-state index is 0.143. The first-order valence-corrected chi connectivity index (χ1v) is 7.46. The summed E-state index contributed by atoms with van der Waals surface area (Å²) in [6.45, 7) is 3.90. The third kappa shape index (κ3) is 3.10. The Balaban J connectivity index is 2.60. The molecule has 1 aliphatic heterocycles. The number of methoxy groups -OCH3 is 2. The molecule has 23 heavy (non-hydrogen) atoms. The predicted octanol–water partition coefficient (Wildman–Crippen LogP) is 2.24. The van der Waals surface area contributed by atoms with Crippen molar-refractivity contribution in [1.29, 1.82) is 0 Å². The monoisotopic (exact) mass is 322 g/mol. The number of nitrogens with zero attached hydrogens (tertiary/aromatic N) is 1.